The number of rotatable bonds is 6. The maximum absolute atomic E-state index is 13.0. The van der Waals surface area contributed by atoms with Gasteiger partial charge in [-0.3, -0.25) is 19.9 Å². The van der Waals surface area contributed by atoms with Gasteiger partial charge in [-0.1, -0.05) is 23.8 Å². The van der Waals surface area contributed by atoms with Crippen molar-refractivity contribution in [2.24, 2.45) is 16.8 Å². The van der Waals surface area contributed by atoms with E-state index >= 15 is 0 Å². The second-order valence-electron chi connectivity index (χ2n) is 8.79. The molecule has 0 spiro atoms. The van der Waals surface area contributed by atoms with Gasteiger partial charge in [-0.15, -0.1) is 0 Å². The molecule has 1 aliphatic rings. The van der Waals surface area contributed by atoms with Crippen molar-refractivity contribution >= 4 is 59.0 Å². The molecule has 13 nitrogen and oxygen atoms in total. The normalized spacial score (nSPS) is 15.8. The van der Waals surface area contributed by atoms with Gasteiger partial charge in [-0.25, -0.2) is 15.6 Å². The molecule has 0 saturated heterocycles. The van der Waals surface area contributed by atoms with E-state index in [1.807, 2.05) is 0 Å². The number of benzene rings is 2. The summed E-state index contributed by atoms with van der Waals surface area (Å²) in [5, 5.41) is 13.5. The molecule has 8 N–H and O–H groups in total. The predicted molar refractivity (Wildman–Crippen MR) is 158 cm³/mol. The Morgan fingerprint density at radius 3 is 2.85 bits per heavy atom. The average molecular weight is 578 g/mol. The van der Waals surface area contributed by atoms with E-state index in [9.17, 15) is 14.4 Å². The second-order valence-corrected chi connectivity index (χ2v) is 9.22. The van der Waals surface area contributed by atoms with Crippen LogP contribution in [0.15, 0.2) is 65.9 Å². The van der Waals surface area contributed by atoms with E-state index in [1.54, 1.807) is 60.8 Å². The minimum absolute atomic E-state index is 0.104. The lowest BCUT2D eigenvalue weighted by Gasteiger charge is -2.16. The van der Waals surface area contributed by atoms with E-state index in [0.29, 0.717) is 51.2 Å². The molecule has 3 amide bonds. The van der Waals surface area contributed by atoms with Gasteiger partial charge < -0.3 is 26.2 Å². The molecule has 1 aromatic heterocycles. The summed E-state index contributed by atoms with van der Waals surface area (Å²) in [7, 11) is 1.26. The van der Waals surface area contributed by atoms with Gasteiger partial charge in [0.25, 0.3) is 0 Å². The molecule has 4 rings (SSSR count). The Hall–Kier alpha value is -5.14. The Kier molecular flexibility index (Phi) is 9.35. The molecular weight excluding hydrogens is 550 g/mol. The number of nitrogens with zero attached hydrogens (tertiary/aromatic N) is 3. The van der Waals surface area contributed by atoms with Gasteiger partial charge in [-0.05, 0) is 48.9 Å². The van der Waals surface area contributed by atoms with Crippen LogP contribution < -0.4 is 32.6 Å². The summed E-state index contributed by atoms with van der Waals surface area (Å²) in [5.41, 5.74) is 3.24. The molecule has 2 heterocycles. The molecule has 41 heavy (non-hydrogen) atoms. The number of imidazole rings is 1. The summed E-state index contributed by atoms with van der Waals surface area (Å²) in [4.78, 5) is 45.0. The number of ether oxygens (including phenoxy) is 1. The molecule has 212 valence electrons. The molecule has 1 aliphatic heterocycles. The number of methoxy groups -OCH3 is 1. The number of hydrazone groups is 1. The third kappa shape index (κ3) is 7.50. The summed E-state index contributed by atoms with van der Waals surface area (Å²) in [6.45, 7) is 0. The smallest absolute Gasteiger partial charge is 0.411 e. The van der Waals surface area contributed by atoms with Crippen LogP contribution in [-0.4, -0.2) is 41.3 Å². The lowest BCUT2D eigenvalue weighted by Crippen LogP contribution is -2.30. The number of hydrazine groups is 1. The minimum atomic E-state index is -0.639. The van der Waals surface area contributed by atoms with Gasteiger partial charge in [-0.2, -0.15) is 5.10 Å². The molecule has 1 atom stereocenters. The highest BCUT2D eigenvalue weighted by molar-refractivity contribution is 6.30. The third-order valence-electron chi connectivity index (χ3n) is 5.97. The van der Waals surface area contributed by atoms with Crippen molar-refractivity contribution in [1.29, 1.82) is 0 Å². The van der Waals surface area contributed by atoms with Gasteiger partial charge in [0.1, 0.15) is 12.2 Å². The number of H-pyrrole nitrogens is 1. The Morgan fingerprint density at radius 1 is 1.24 bits per heavy atom. The molecule has 3 aromatic rings. The number of halogens is 1. The maximum atomic E-state index is 13.0. The number of amides is 3. The fourth-order valence-electron chi connectivity index (χ4n) is 4.06. The molecule has 2 bridgehead atoms. The summed E-state index contributed by atoms with van der Waals surface area (Å²) in [6.07, 6.45) is 9.10. The Bertz CT molecular complexity index is 1530. The number of fused-ring (bicyclic) bond motifs is 4. The van der Waals surface area contributed by atoms with Crippen molar-refractivity contribution in [3.05, 3.63) is 77.2 Å². The third-order valence-corrected chi connectivity index (χ3v) is 6.21. The number of hydrogen-bond donors (Lipinski definition) is 6. The molecule has 0 unspecified atom stereocenters. The standard InChI is InChI=1S/C27H28ClN9O4/c1-41-27(40)33-18-8-9-19-21(13-18)35-24(38)5-3-2-4-20(26-31-14-22(19)36-26)34-25(39)11-6-16-12-17(28)7-10-23(16)37(30)15-32-29/h2-3,6-15,20H,4-5,29-30H2,1H3,(H,31,36)(H,33,40)(H,34,39)(H,35,38)/b3-2+,11-6+,32-15-/t20-/m0/s1. The van der Waals surface area contributed by atoms with Crippen LogP contribution in [0, 0.1) is 0 Å². The zero-order valence-electron chi connectivity index (χ0n) is 21.9. The van der Waals surface area contributed by atoms with E-state index in [-0.39, 0.29) is 12.3 Å². The maximum Gasteiger partial charge on any atom is 0.411 e. The van der Waals surface area contributed by atoms with E-state index in [0.717, 1.165) is 0 Å². The van der Waals surface area contributed by atoms with Crippen LogP contribution in [0.5, 0.6) is 0 Å². The number of aromatic amines is 1. The van der Waals surface area contributed by atoms with Crippen LogP contribution in [0.3, 0.4) is 0 Å². The first-order valence-electron chi connectivity index (χ1n) is 12.3. The van der Waals surface area contributed by atoms with Crippen LogP contribution in [-0.2, 0) is 14.3 Å². The summed E-state index contributed by atoms with van der Waals surface area (Å²) < 4.78 is 4.65. The fourth-order valence-corrected chi connectivity index (χ4v) is 4.24. The number of hydrogen-bond acceptors (Lipinski definition) is 8. The Morgan fingerprint density at radius 2 is 2.07 bits per heavy atom. The molecule has 0 fully saturated rings. The van der Waals surface area contributed by atoms with Crippen molar-refractivity contribution in [3.8, 4) is 11.3 Å². The van der Waals surface area contributed by atoms with E-state index in [1.165, 1.54) is 24.5 Å². The monoisotopic (exact) mass is 577 g/mol. The van der Waals surface area contributed by atoms with Crippen molar-refractivity contribution in [2.75, 3.05) is 22.8 Å². The van der Waals surface area contributed by atoms with E-state index in [2.05, 4.69) is 35.8 Å². The highest BCUT2D eigenvalue weighted by Crippen LogP contribution is 2.31. The van der Waals surface area contributed by atoms with Gasteiger partial charge >= 0.3 is 6.09 Å². The summed E-state index contributed by atoms with van der Waals surface area (Å²) >= 11 is 6.14. The predicted octanol–water partition coefficient (Wildman–Crippen LogP) is 3.65. The van der Waals surface area contributed by atoms with E-state index < -0.39 is 18.0 Å². The lowest BCUT2D eigenvalue weighted by atomic mass is 10.1. The van der Waals surface area contributed by atoms with Crippen LogP contribution in [0.2, 0.25) is 5.02 Å². The van der Waals surface area contributed by atoms with Crippen LogP contribution in [0.1, 0.15) is 30.3 Å². The first-order chi connectivity index (χ1) is 19.8. The second kappa shape index (κ2) is 13.3. The number of nitrogens with one attached hydrogen (secondary N) is 4. The number of carbonyl (C=O) groups excluding carboxylic acids is 3. The van der Waals surface area contributed by atoms with Crippen molar-refractivity contribution in [2.45, 2.75) is 18.9 Å². The number of carbonyl (C=O) groups is 3. The Labute approximate surface area is 240 Å². The molecule has 0 saturated carbocycles. The zero-order chi connectivity index (χ0) is 29.4. The lowest BCUT2D eigenvalue weighted by molar-refractivity contribution is -0.117. The first-order valence-corrected chi connectivity index (χ1v) is 12.7. The Balaban J connectivity index is 1.59. The van der Waals surface area contributed by atoms with Crippen molar-refractivity contribution in [1.82, 2.24) is 15.3 Å². The van der Waals surface area contributed by atoms with Crippen LogP contribution in [0.25, 0.3) is 17.3 Å². The highest BCUT2D eigenvalue weighted by Gasteiger charge is 2.19. The fraction of sp³-hybridized carbons (Fsp3) is 0.148. The minimum Gasteiger partial charge on any atom is -0.453 e. The molecular formula is C27H28ClN9O4. The summed E-state index contributed by atoms with van der Waals surface area (Å²) in [5.74, 6) is 11.0. The highest BCUT2D eigenvalue weighted by atomic mass is 35.5. The zero-order valence-corrected chi connectivity index (χ0v) is 22.7. The van der Waals surface area contributed by atoms with Crippen LogP contribution >= 0.6 is 11.6 Å². The molecule has 0 radical (unpaired) electrons. The largest absolute Gasteiger partial charge is 0.453 e. The molecule has 0 aliphatic carbocycles. The van der Waals surface area contributed by atoms with E-state index in [4.69, 9.17) is 23.3 Å². The van der Waals surface area contributed by atoms with Gasteiger partial charge in [0.05, 0.1) is 36.4 Å². The number of nitrogens with two attached hydrogens (primary N) is 2. The SMILES string of the molecule is COC(=O)Nc1ccc2c(c1)NC(=O)C/C=C/C[C@H](NC(=O)/C=C/c1cc(Cl)ccc1N(N)/C=N\N)c1ncc-2[nH]1. The van der Waals surface area contributed by atoms with Gasteiger partial charge in [0, 0.05) is 34.3 Å². The first kappa shape index (κ1) is 28.9. The molecule has 2 aromatic carbocycles. The average Bonchev–Trinajstić information content (AvgIpc) is 3.43. The van der Waals surface area contributed by atoms with Crippen molar-refractivity contribution < 1.29 is 19.1 Å². The van der Waals surface area contributed by atoms with Crippen LogP contribution in [0.4, 0.5) is 21.9 Å². The topological polar surface area (TPSA) is 193 Å². The number of anilines is 3. The number of aromatic nitrogens is 2. The summed E-state index contributed by atoms with van der Waals surface area (Å²) in [6, 6.07) is 9.47. The van der Waals surface area contributed by atoms with Crippen molar-refractivity contribution in [3.63, 3.8) is 0 Å². The molecule has 14 heteroatoms. The quantitative estimate of drug-likeness (QED) is 0.0638. The van der Waals surface area contributed by atoms with Gasteiger partial charge in [0.2, 0.25) is 11.8 Å². The van der Waals surface area contributed by atoms with Gasteiger partial charge in [0.15, 0.2) is 0 Å².